The average molecular weight is 464 g/mol. The quantitative estimate of drug-likeness (QED) is 0.225. The van der Waals surface area contributed by atoms with Crippen molar-refractivity contribution in [3.05, 3.63) is 63.2 Å². The molecule has 2 N–H and O–H groups in total. The van der Waals surface area contributed by atoms with Crippen LogP contribution in [0.5, 0.6) is 5.75 Å². The first-order chi connectivity index (χ1) is 15.3. The Morgan fingerprint density at radius 2 is 1.84 bits per heavy atom. The van der Waals surface area contributed by atoms with Crippen LogP contribution in [0.25, 0.3) is 0 Å². The molecule has 0 aliphatic heterocycles. The van der Waals surface area contributed by atoms with Crippen molar-refractivity contribution >= 4 is 40.8 Å². The molecule has 32 heavy (non-hydrogen) atoms. The maximum atomic E-state index is 12.1. The van der Waals surface area contributed by atoms with E-state index in [1.807, 2.05) is 0 Å². The van der Waals surface area contributed by atoms with Crippen molar-refractivity contribution in [2.24, 2.45) is 0 Å². The molecular weight excluding hydrogens is 442 g/mol. The number of unbranched alkanes of at least 4 members (excludes halogenated alkanes) is 1. The topological polar surface area (TPSA) is 137 Å². The molecule has 0 atom stereocenters. The Morgan fingerprint density at radius 1 is 1.12 bits per heavy atom. The molecule has 10 nitrogen and oxygen atoms in total. The van der Waals surface area contributed by atoms with Crippen LogP contribution in [0.3, 0.4) is 0 Å². The lowest BCUT2D eigenvalue weighted by Gasteiger charge is -2.09. The van der Waals surface area contributed by atoms with Gasteiger partial charge in [-0.05, 0) is 36.8 Å². The molecule has 0 bridgehead atoms. The van der Waals surface area contributed by atoms with Crippen molar-refractivity contribution in [3.8, 4) is 5.75 Å². The van der Waals surface area contributed by atoms with E-state index in [0.29, 0.717) is 17.9 Å². The molecule has 170 valence electrons. The van der Waals surface area contributed by atoms with E-state index in [0.717, 1.165) is 18.9 Å². The first kappa shape index (κ1) is 24.6. The van der Waals surface area contributed by atoms with Crippen LogP contribution >= 0.6 is 11.6 Å². The Balaban J connectivity index is 1.74. The fourth-order valence-corrected chi connectivity index (χ4v) is 2.62. The molecule has 0 saturated carbocycles. The van der Waals surface area contributed by atoms with E-state index in [1.54, 1.807) is 24.3 Å². The molecule has 0 heterocycles. The van der Waals surface area contributed by atoms with Gasteiger partial charge in [-0.15, -0.1) is 0 Å². The van der Waals surface area contributed by atoms with Crippen LogP contribution in [-0.2, 0) is 14.3 Å². The highest BCUT2D eigenvalue weighted by Gasteiger charge is 2.14. The van der Waals surface area contributed by atoms with E-state index in [1.165, 1.54) is 12.1 Å². The number of nitrogens with one attached hydrogen (secondary N) is 2. The zero-order chi connectivity index (χ0) is 23.5. The Morgan fingerprint density at radius 3 is 2.47 bits per heavy atom. The number of rotatable bonds is 11. The second kappa shape index (κ2) is 12.3. The Labute approximate surface area is 189 Å². The molecule has 0 aliphatic rings. The summed E-state index contributed by atoms with van der Waals surface area (Å²) in [6.45, 7) is 1.60. The molecule has 0 fully saturated rings. The third-order valence-electron chi connectivity index (χ3n) is 4.08. The van der Waals surface area contributed by atoms with E-state index < -0.39 is 35.9 Å². The summed E-state index contributed by atoms with van der Waals surface area (Å²) in [7, 11) is 0. The highest BCUT2D eigenvalue weighted by atomic mass is 35.5. The lowest BCUT2D eigenvalue weighted by Crippen LogP contribution is -2.32. The number of carbonyl (C=O) groups excluding carboxylic acids is 3. The maximum absolute atomic E-state index is 12.1. The standard InChI is InChI=1S/C21H22ClN3O7/c1-2-3-10-31-16-7-4-14(5-8-16)21(28)23-12-20(27)32-13-19(26)24-18-9-6-15(25(29)30)11-17(18)22/h4-9,11H,2-3,10,12-13H2,1H3,(H,23,28)(H,24,26). The predicted octanol–water partition coefficient (Wildman–Crippen LogP) is 3.34. The van der Waals surface area contributed by atoms with Crippen LogP contribution in [0, 0.1) is 10.1 Å². The fourth-order valence-electron chi connectivity index (χ4n) is 2.39. The molecule has 0 saturated heterocycles. The number of anilines is 1. The number of carbonyl (C=O) groups is 3. The van der Waals surface area contributed by atoms with Crippen LogP contribution in [0.2, 0.25) is 5.02 Å². The van der Waals surface area contributed by atoms with Crippen LogP contribution in [0.4, 0.5) is 11.4 Å². The van der Waals surface area contributed by atoms with E-state index in [-0.39, 0.29) is 16.4 Å². The zero-order valence-electron chi connectivity index (χ0n) is 17.3. The molecule has 11 heteroatoms. The number of nitro benzene ring substituents is 1. The summed E-state index contributed by atoms with van der Waals surface area (Å²) >= 11 is 5.88. The zero-order valence-corrected chi connectivity index (χ0v) is 18.0. The summed E-state index contributed by atoms with van der Waals surface area (Å²) in [6.07, 6.45) is 1.95. The van der Waals surface area contributed by atoms with Gasteiger partial charge in [-0.3, -0.25) is 24.5 Å². The normalized spacial score (nSPS) is 10.2. The molecule has 0 unspecified atom stereocenters. The van der Waals surface area contributed by atoms with Crippen molar-refractivity contribution in [1.82, 2.24) is 5.32 Å². The van der Waals surface area contributed by atoms with Crippen molar-refractivity contribution in [2.75, 3.05) is 25.1 Å². The number of benzene rings is 2. The Bertz CT molecular complexity index is 980. The second-order valence-corrected chi connectivity index (χ2v) is 6.95. The minimum atomic E-state index is -0.817. The Hall–Kier alpha value is -3.66. The second-order valence-electron chi connectivity index (χ2n) is 6.54. The minimum absolute atomic E-state index is 0.0343. The van der Waals surface area contributed by atoms with Gasteiger partial charge in [0.2, 0.25) is 0 Å². The van der Waals surface area contributed by atoms with Crippen LogP contribution < -0.4 is 15.4 Å². The summed E-state index contributed by atoms with van der Waals surface area (Å²) in [4.78, 5) is 45.9. The van der Waals surface area contributed by atoms with Crippen molar-refractivity contribution in [2.45, 2.75) is 19.8 Å². The number of hydrogen-bond donors (Lipinski definition) is 2. The van der Waals surface area contributed by atoms with E-state index in [4.69, 9.17) is 21.1 Å². The number of hydrogen-bond acceptors (Lipinski definition) is 7. The minimum Gasteiger partial charge on any atom is -0.494 e. The van der Waals surface area contributed by atoms with Crippen LogP contribution in [0.1, 0.15) is 30.1 Å². The van der Waals surface area contributed by atoms with E-state index in [9.17, 15) is 24.5 Å². The first-order valence-electron chi connectivity index (χ1n) is 9.70. The SMILES string of the molecule is CCCCOc1ccc(C(=O)NCC(=O)OCC(=O)Nc2ccc([N+](=O)[O-])cc2Cl)cc1. The maximum Gasteiger partial charge on any atom is 0.325 e. The number of nitro groups is 1. The van der Waals surface area contributed by atoms with Gasteiger partial charge in [0.15, 0.2) is 6.61 Å². The number of esters is 1. The van der Waals surface area contributed by atoms with Crippen molar-refractivity contribution in [3.63, 3.8) is 0 Å². The van der Waals surface area contributed by atoms with Crippen molar-refractivity contribution < 1.29 is 28.8 Å². The summed E-state index contributed by atoms with van der Waals surface area (Å²) < 4.78 is 10.3. The lowest BCUT2D eigenvalue weighted by atomic mass is 10.2. The summed E-state index contributed by atoms with van der Waals surface area (Å²) in [6, 6.07) is 10.00. The summed E-state index contributed by atoms with van der Waals surface area (Å²) in [5.74, 6) is -1.35. The Kier molecular flexibility index (Phi) is 9.43. The van der Waals surface area contributed by atoms with Crippen molar-refractivity contribution in [1.29, 1.82) is 0 Å². The average Bonchev–Trinajstić information content (AvgIpc) is 2.78. The highest BCUT2D eigenvalue weighted by Crippen LogP contribution is 2.26. The van der Waals surface area contributed by atoms with Gasteiger partial charge in [-0.2, -0.15) is 0 Å². The lowest BCUT2D eigenvalue weighted by molar-refractivity contribution is -0.384. The number of halogens is 1. The number of amides is 2. The van der Waals surface area contributed by atoms with Gasteiger partial charge in [-0.25, -0.2) is 0 Å². The molecule has 2 rings (SSSR count). The van der Waals surface area contributed by atoms with Gasteiger partial charge in [0.1, 0.15) is 12.3 Å². The smallest absolute Gasteiger partial charge is 0.325 e. The van der Waals surface area contributed by atoms with Gasteiger partial charge < -0.3 is 20.1 Å². The summed E-state index contributed by atoms with van der Waals surface area (Å²) in [5.41, 5.74) is 0.244. The molecule has 0 aliphatic carbocycles. The number of ether oxygens (including phenoxy) is 2. The highest BCUT2D eigenvalue weighted by molar-refractivity contribution is 6.34. The number of non-ortho nitro benzene ring substituents is 1. The van der Waals surface area contributed by atoms with Gasteiger partial charge in [0.05, 0.1) is 22.2 Å². The molecule has 2 aromatic rings. The van der Waals surface area contributed by atoms with Crippen LogP contribution in [-0.4, -0.2) is 42.5 Å². The fraction of sp³-hybridized carbons (Fsp3) is 0.286. The van der Waals surface area contributed by atoms with Gasteiger partial charge in [0, 0.05) is 17.7 Å². The van der Waals surface area contributed by atoms with E-state index >= 15 is 0 Å². The molecule has 2 amide bonds. The molecule has 0 spiro atoms. The molecule has 2 aromatic carbocycles. The van der Waals surface area contributed by atoms with Crippen LogP contribution in [0.15, 0.2) is 42.5 Å². The molecular formula is C21H22ClN3O7. The number of nitrogens with zero attached hydrogens (tertiary/aromatic N) is 1. The predicted molar refractivity (Wildman–Crippen MR) is 117 cm³/mol. The van der Waals surface area contributed by atoms with Gasteiger partial charge in [-0.1, -0.05) is 24.9 Å². The molecule has 0 radical (unpaired) electrons. The third kappa shape index (κ3) is 7.88. The summed E-state index contributed by atoms with van der Waals surface area (Å²) in [5, 5.41) is 15.4. The van der Waals surface area contributed by atoms with Gasteiger partial charge >= 0.3 is 5.97 Å². The monoisotopic (exact) mass is 463 g/mol. The first-order valence-corrected chi connectivity index (χ1v) is 10.1. The van der Waals surface area contributed by atoms with Gasteiger partial charge in [0.25, 0.3) is 17.5 Å². The molecule has 0 aromatic heterocycles. The third-order valence-corrected chi connectivity index (χ3v) is 4.39. The van der Waals surface area contributed by atoms with E-state index in [2.05, 4.69) is 17.6 Å². The largest absolute Gasteiger partial charge is 0.494 e.